The van der Waals surface area contributed by atoms with Gasteiger partial charge in [0, 0.05) is 0 Å². The molecule has 2 rings (SSSR count). The second kappa shape index (κ2) is 10.4. The highest BCUT2D eigenvalue weighted by Crippen LogP contribution is 2.37. The van der Waals surface area contributed by atoms with Crippen LogP contribution in [0.4, 0.5) is 4.79 Å². The highest BCUT2D eigenvalue weighted by molar-refractivity contribution is 7.46. The third kappa shape index (κ3) is 7.69. The number of alkyl carbamates (subject to hydrolysis) is 1. The number of carbonyl (C=O) groups is 1. The van der Waals surface area contributed by atoms with Crippen molar-refractivity contribution in [1.29, 1.82) is 0 Å². The molecule has 0 aromatic heterocycles. The molecule has 7 nitrogen and oxygen atoms in total. The second-order valence-electron chi connectivity index (χ2n) is 6.29. The first-order valence-corrected chi connectivity index (χ1v) is 10.5. The van der Waals surface area contributed by atoms with Crippen LogP contribution in [0.25, 0.3) is 10.8 Å². The molecular weight excluding hydrogens is 369 g/mol. The molecule has 0 aliphatic carbocycles. The standard InChI is InChI=1S/C19H26NO6P/c1-2-3-4-7-12-25-19(21)20-18(14-26-27(22,23)24)17-11-10-15-8-5-6-9-16(15)13-17/h5-6,8-11,13,18H,2-4,7,12,14H2,1H3,(H,20,21)(H2,22,23,24). The average molecular weight is 395 g/mol. The van der Waals surface area contributed by atoms with Crippen molar-refractivity contribution in [2.45, 2.75) is 38.6 Å². The zero-order valence-corrected chi connectivity index (χ0v) is 16.2. The number of rotatable bonds is 10. The molecule has 0 heterocycles. The smallest absolute Gasteiger partial charge is 0.450 e. The van der Waals surface area contributed by atoms with Crippen molar-refractivity contribution in [1.82, 2.24) is 5.32 Å². The molecule has 1 unspecified atom stereocenters. The lowest BCUT2D eigenvalue weighted by atomic mass is 10.0. The molecule has 1 atom stereocenters. The van der Waals surface area contributed by atoms with Crippen LogP contribution in [0.5, 0.6) is 0 Å². The number of unbranched alkanes of at least 4 members (excludes halogenated alkanes) is 3. The molecule has 3 N–H and O–H groups in total. The third-order valence-corrected chi connectivity index (χ3v) is 4.59. The van der Waals surface area contributed by atoms with Gasteiger partial charge in [0.2, 0.25) is 0 Å². The van der Waals surface area contributed by atoms with Crippen LogP contribution in [-0.4, -0.2) is 29.1 Å². The first-order valence-electron chi connectivity index (χ1n) is 9.01. The van der Waals surface area contributed by atoms with Crippen molar-refractivity contribution in [2.24, 2.45) is 0 Å². The lowest BCUT2D eigenvalue weighted by molar-refractivity contribution is 0.129. The Bertz CT molecular complexity index is 791. The summed E-state index contributed by atoms with van der Waals surface area (Å²) in [5.41, 5.74) is 0.671. The Kier molecular flexibility index (Phi) is 8.25. The molecular formula is C19H26NO6P. The topological polar surface area (TPSA) is 105 Å². The molecule has 0 spiro atoms. The fourth-order valence-corrected chi connectivity index (χ4v) is 3.04. The lowest BCUT2D eigenvalue weighted by Gasteiger charge is -2.20. The van der Waals surface area contributed by atoms with Gasteiger partial charge in [-0.15, -0.1) is 0 Å². The summed E-state index contributed by atoms with van der Waals surface area (Å²) < 4.78 is 20.8. The van der Waals surface area contributed by atoms with Crippen molar-refractivity contribution >= 4 is 24.7 Å². The van der Waals surface area contributed by atoms with Crippen molar-refractivity contribution in [3.05, 3.63) is 48.0 Å². The van der Waals surface area contributed by atoms with Gasteiger partial charge in [-0.3, -0.25) is 4.52 Å². The van der Waals surface area contributed by atoms with Crippen LogP contribution in [0.15, 0.2) is 42.5 Å². The monoisotopic (exact) mass is 395 g/mol. The number of benzene rings is 2. The molecule has 148 valence electrons. The van der Waals surface area contributed by atoms with E-state index in [0.717, 1.165) is 36.5 Å². The van der Waals surface area contributed by atoms with Gasteiger partial charge in [-0.1, -0.05) is 62.6 Å². The van der Waals surface area contributed by atoms with Gasteiger partial charge in [0.05, 0.1) is 19.3 Å². The Hall–Kier alpha value is -1.92. The van der Waals surface area contributed by atoms with Crippen LogP contribution in [0, 0.1) is 0 Å². The minimum Gasteiger partial charge on any atom is -0.450 e. The Labute approximate surface area is 158 Å². The molecule has 0 saturated heterocycles. The van der Waals surface area contributed by atoms with E-state index in [1.807, 2.05) is 36.4 Å². The number of amides is 1. The summed E-state index contributed by atoms with van der Waals surface area (Å²) in [6, 6.07) is 12.5. The molecule has 27 heavy (non-hydrogen) atoms. The van der Waals surface area contributed by atoms with E-state index in [1.165, 1.54) is 0 Å². The number of hydrogen-bond acceptors (Lipinski definition) is 4. The van der Waals surface area contributed by atoms with E-state index in [0.29, 0.717) is 12.2 Å². The van der Waals surface area contributed by atoms with Crippen molar-refractivity contribution < 1.29 is 28.4 Å². The average Bonchev–Trinajstić information content (AvgIpc) is 2.64. The predicted octanol–water partition coefficient (Wildman–Crippen LogP) is 4.30. The Balaban J connectivity index is 2.05. The van der Waals surface area contributed by atoms with Crippen LogP contribution in [0.3, 0.4) is 0 Å². The quantitative estimate of drug-likeness (QED) is 0.409. The second-order valence-corrected chi connectivity index (χ2v) is 7.53. The van der Waals surface area contributed by atoms with E-state index in [-0.39, 0.29) is 6.61 Å². The van der Waals surface area contributed by atoms with E-state index < -0.39 is 20.0 Å². The van der Waals surface area contributed by atoms with E-state index in [1.54, 1.807) is 6.07 Å². The van der Waals surface area contributed by atoms with Gasteiger partial charge >= 0.3 is 13.9 Å². The number of phosphoric ester groups is 1. The highest BCUT2D eigenvalue weighted by atomic mass is 31.2. The Morgan fingerprint density at radius 3 is 2.56 bits per heavy atom. The number of ether oxygens (including phenoxy) is 1. The summed E-state index contributed by atoms with van der Waals surface area (Å²) in [4.78, 5) is 30.0. The van der Waals surface area contributed by atoms with Gasteiger partial charge < -0.3 is 19.8 Å². The molecule has 1 amide bonds. The Morgan fingerprint density at radius 1 is 1.11 bits per heavy atom. The maximum Gasteiger partial charge on any atom is 0.469 e. The van der Waals surface area contributed by atoms with Crippen molar-refractivity contribution in [3.63, 3.8) is 0 Å². The maximum atomic E-state index is 12.1. The van der Waals surface area contributed by atoms with Crippen LogP contribution >= 0.6 is 7.82 Å². The van der Waals surface area contributed by atoms with Crippen molar-refractivity contribution in [2.75, 3.05) is 13.2 Å². The van der Waals surface area contributed by atoms with E-state index in [9.17, 15) is 9.36 Å². The maximum absolute atomic E-state index is 12.1. The van der Waals surface area contributed by atoms with Crippen molar-refractivity contribution in [3.8, 4) is 0 Å². The number of fused-ring (bicyclic) bond motifs is 1. The summed E-state index contributed by atoms with van der Waals surface area (Å²) in [6.07, 6.45) is 3.30. The molecule has 0 aliphatic heterocycles. The molecule has 0 aliphatic rings. The van der Waals surface area contributed by atoms with E-state index >= 15 is 0 Å². The van der Waals surface area contributed by atoms with Gasteiger partial charge in [-0.25, -0.2) is 9.36 Å². The molecule has 0 fully saturated rings. The fraction of sp³-hybridized carbons (Fsp3) is 0.421. The van der Waals surface area contributed by atoms with E-state index in [4.69, 9.17) is 14.5 Å². The number of nitrogens with one attached hydrogen (secondary N) is 1. The zero-order chi connectivity index (χ0) is 19.7. The minimum atomic E-state index is -4.66. The first-order chi connectivity index (χ1) is 12.9. The van der Waals surface area contributed by atoms with Crippen LogP contribution in [0.1, 0.15) is 44.2 Å². The molecule has 2 aromatic carbocycles. The van der Waals surface area contributed by atoms with Crippen LogP contribution < -0.4 is 5.32 Å². The Morgan fingerprint density at radius 2 is 1.85 bits per heavy atom. The number of carbonyl (C=O) groups excluding carboxylic acids is 1. The van der Waals surface area contributed by atoms with Crippen LogP contribution in [-0.2, 0) is 13.8 Å². The zero-order valence-electron chi connectivity index (χ0n) is 15.3. The molecule has 0 radical (unpaired) electrons. The molecule has 0 bridgehead atoms. The van der Waals surface area contributed by atoms with Crippen LogP contribution in [0.2, 0.25) is 0 Å². The summed E-state index contributed by atoms with van der Waals surface area (Å²) in [7, 11) is -4.66. The van der Waals surface area contributed by atoms with Gasteiger partial charge in [0.1, 0.15) is 0 Å². The van der Waals surface area contributed by atoms with Gasteiger partial charge in [-0.2, -0.15) is 0 Å². The van der Waals surface area contributed by atoms with Gasteiger partial charge in [0.25, 0.3) is 0 Å². The summed E-state index contributed by atoms with van der Waals surface area (Å²) in [6.45, 7) is 2.03. The lowest BCUT2D eigenvalue weighted by Crippen LogP contribution is -2.32. The summed E-state index contributed by atoms with van der Waals surface area (Å²) in [5, 5.41) is 4.60. The molecule has 2 aromatic rings. The first kappa shape index (κ1) is 21.4. The van der Waals surface area contributed by atoms with E-state index in [2.05, 4.69) is 16.8 Å². The summed E-state index contributed by atoms with van der Waals surface area (Å²) >= 11 is 0. The van der Waals surface area contributed by atoms with Gasteiger partial charge in [0.15, 0.2) is 0 Å². The highest BCUT2D eigenvalue weighted by Gasteiger charge is 2.22. The number of hydrogen-bond donors (Lipinski definition) is 3. The fourth-order valence-electron chi connectivity index (χ4n) is 2.70. The number of phosphoric acid groups is 1. The largest absolute Gasteiger partial charge is 0.469 e. The third-order valence-electron chi connectivity index (χ3n) is 4.11. The molecule has 8 heteroatoms. The SMILES string of the molecule is CCCCCCOC(=O)NC(COP(=O)(O)O)c1ccc2ccccc2c1. The predicted molar refractivity (Wildman–Crippen MR) is 103 cm³/mol. The van der Waals surface area contributed by atoms with Gasteiger partial charge in [-0.05, 0) is 28.8 Å². The minimum absolute atomic E-state index is 0.301. The normalized spacial score (nSPS) is 12.7. The molecule has 0 saturated carbocycles. The summed E-state index contributed by atoms with van der Waals surface area (Å²) in [5.74, 6) is 0.